The van der Waals surface area contributed by atoms with Crippen LogP contribution in [0.5, 0.6) is 0 Å². The molecule has 4 aliphatic rings. The maximum atomic E-state index is 12.3. The van der Waals surface area contributed by atoms with Gasteiger partial charge in [-0.3, -0.25) is 4.79 Å². The van der Waals surface area contributed by atoms with Crippen LogP contribution in [0.4, 0.5) is 5.69 Å². The number of benzene rings is 1. The number of carbonyl (C=O) groups is 1. The Labute approximate surface area is 205 Å². The van der Waals surface area contributed by atoms with Crippen LogP contribution < -0.4 is 4.90 Å². The number of ketones is 1. The number of fused-ring (bicyclic) bond motifs is 4. The van der Waals surface area contributed by atoms with Crippen molar-refractivity contribution in [2.45, 2.75) is 77.2 Å². The van der Waals surface area contributed by atoms with Gasteiger partial charge in [0.15, 0.2) is 5.78 Å². The molecule has 2 saturated carbocycles. The molecular weight excluding hydrogens is 418 g/mol. The van der Waals surface area contributed by atoms with Gasteiger partial charge in [-0.15, -0.1) is 5.92 Å². The van der Waals surface area contributed by atoms with Crippen LogP contribution in [0, 0.1) is 35.0 Å². The zero-order chi connectivity index (χ0) is 24.3. The summed E-state index contributed by atoms with van der Waals surface area (Å²) in [6.45, 7) is 6.40. The standard InChI is InChI=1S/C31H39NO2/c1-6-16-31(34)22(7-2)18-28-26-14-10-21-17-24(33)13-15-25(21)29(26)27(19-30(28,31)3)20-8-11-23(12-9-20)32(4)5/h8-9,11-12,17,22,26-28,34H,7,10,13-15,18-19H2,1-5H3/t22-,26+,27-,28+,30+,31+/m1/s1. The van der Waals surface area contributed by atoms with Crippen molar-refractivity contribution in [3.63, 3.8) is 0 Å². The molecule has 0 radical (unpaired) electrons. The molecule has 0 spiro atoms. The average molecular weight is 458 g/mol. The quantitative estimate of drug-likeness (QED) is 0.562. The number of carbonyl (C=O) groups excluding carboxylic acids is 1. The molecule has 0 aliphatic heterocycles. The van der Waals surface area contributed by atoms with Gasteiger partial charge in [-0.1, -0.05) is 37.5 Å². The number of hydrogen-bond donors (Lipinski definition) is 1. The van der Waals surface area contributed by atoms with Crippen molar-refractivity contribution in [3.05, 3.63) is 52.6 Å². The smallest absolute Gasteiger partial charge is 0.156 e. The number of allylic oxidation sites excluding steroid dienone is 4. The highest BCUT2D eigenvalue weighted by molar-refractivity contribution is 5.93. The van der Waals surface area contributed by atoms with E-state index < -0.39 is 5.60 Å². The number of hydrogen-bond acceptors (Lipinski definition) is 3. The normalized spacial score (nSPS) is 36.6. The fourth-order valence-corrected chi connectivity index (χ4v) is 8.03. The minimum atomic E-state index is -0.947. The van der Waals surface area contributed by atoms with Crippen LogP contribution in [0.25, 0.3) is 0 Å². The highest BCUT2D eigenvalue weighted by atomic mass is 16.3. The van der Waals surface area contributed by atoms with Gasteiger partial charge in [-0.25, -0.2) is 0 Å². The molecule has 2 fully saturated rings. The second-order valence-corrected chi connectivity index (χ2v) is 11.5. The lowest BCUT2D eigenvalue weighted by Crippen LogP contribution is -2.52. The number of rotatable bonds is 3. The summed E-state index contributed by atoms with van der Waals surface area (Å²) in [5, 5.41) is 12.2. The van der Waals surface area contributed by atoms with Gasteiger partial charge in [0.1, 0.15) is 5.60 Å². The van der Waals surface area contributed by atoms with Crippen LogP contribution >= 0.6 is 0 Å². The van der Waals surface area contributed by atoms with Gasteiger partial charge in [0.05, 0.1) is 0 Å². The average Bonchev–Trinajstić information content (AvgIpc) is 3.04. The van der Waals surface area contributed by atoms with Crippen molar-refractivity contribution in [2.75, 3.05) is 19.0 Å². The molecule has 6 atom stereocenters. The van der Waals surface area contributed by atoms with Gasteiger partial charge in [0, 0.05) is 37.5 Å². The summed E-state index contributed by atoms with van der Waals surface area (Å²) in [5.74, 6) is 8.09. The molecular formula is C31H39NO2. The van der Waals surface area contributed by atoms with E-state index in [1.165, 1.54) is 22.4 Å². The third-order valence-corrected chi connectivity index (χ3v) is 9.74. The van der Waals surface area contributed by atoms with E-state index in [0.717, 1.165) is 38.5 Å². The maximum Gasteiger partial charge on any atom is 0.156 e. The predicted molar refractivity (Wildman–Crippen MR) is 139 cm³/mol. The Hall–Kier alpha value is -2.31. The van der Waals surface area contributed by atoms with Crippen LogP contribution in [0.15, 0.2) is 47.1 Å². The van der Waals surface area contributed by atoms with Gasteiger partial charge < -0.3 is 10.0 Å². The monoisotopic (exact) mass is 457 g/mol. The first kappa shape index (κ1) is 23.4. The van der Waals surface area contributed by atoms with Crippen LogP contribution in [0.2, 0.25) is 0 Å². The Morgan fingerprint density at radius 2 is 1.88 bits per heavy atom. The van der Waals surface area contributed by atoms with Gasteiger partial charge in [-0.2, -0.15) is 0 Å². The van der Waals surface area contributed by atoms with Gasteiger partial charge >= 0.3 is 0 Å². The molecule has 1 aromatic rings. The van der Waals surface area contributed by atoms with Gasteiger partial charge in [-0.05, 0) is 98.1 Å². The summed E-state index contributed by atoms with van der Waals surface area (Å²) in [4.78, 5) is 14.4. The predicted octanol–water partition coefficient (Wildman–Crippen LogP) is 6.04. The van der Waals surface area contributed by atoms with E-state index in [-0.39, 0.29) is 23.0 Å². The lowest BCUT2D eigenvalue weighted by molar-refractivity contribution is -0.114. The molecule has 0 bridgehead atoms. The van der Waals surface area contributed by atoms with Crippen molar-refractivity contribution in [3.8, 4) is 11.8 Å². The van der Waals surface area contributed by atoms with E-state index in [1.807, 2.05) is 13.0 Å². The minimum absolute atomic E-state index is 0.209. The van der Waals surface area contributed by atoms with Crippen molar-refractivity contribution in [1.82, 2.24) is 0 Å². The second kappa shape index (κ2) is 8.42. The highest BCUT2D eigenvalue weighted by Gasteiger charge is 2.65. The molecule has 0 heterocycles. The van der Waals surface area contributed by atoms with Crippen molar-refractivity contribution in [2.24, 2.45) is 23.2 Å². The third-order valence-electron chi connectivity index (χ3n) is 9.74. The molecule has 0 saturated heterocycles. The molecule has 0 unspecified atom stereocenters. The Balaban J connectivity index is 1.69. The first-order valence-electron chi connectivity index (χ1n) is 13.1. The van der Waals surface area contributed by atoms with E-state index in [4.69, 9.17) is 0 Å². The number of aliphatic hydroxyl groups is 1. The second-order valence-electron chi connectivity index (χ2n) is 11.5. The first-order chi connectivity index (χ1) is 16.2. The Morgan fingerprint density at radius 3 is 2.53 bits per heavy atom. The van der Waals surface area contributed by atoms with E-state index in [0.29, 0.717) is 18.3 Å². The molecule has 4 aliphatic carbocycles. The zero-order valence-electron chi connectivity index (χ0n) is 21.4. The first-order valence-corrected chi connectivity index (χ1v) is 13.1. The molecule has 0 amide bonds. The molecule has 1 aromatic carbocycles. The highest BCUT2D eigenvalue weighted by Crippen LogP contribution is 2.68. The van der Waals surface area contributed by atoms with Gasteiger partial charge in [0.25, 0.3) is 0 Å². The molecule has 5 rings (SSSR count). The summed E-state index contributed by atoms with van der Waals surface area (Å²) in [5.41, 5.74) is 5.67. The molecule has 34 heavy (non-hydrogen) atoms. The maximum absolute atomic E-state index is 12.3. The topological polar surface area (TPSA) is 40.5 Å². The fourth-order valence-electron chi connectivity index (χ4n) is 8.03. The van der Waals surface area contributed by atoms with Crippen LogP contribution in [0.3, 0.4) is 0 Å². The third kappa shape index (κ3) is 3.33. The Kier molecular flexibility index (Phi) is 5.80. The molecule has 1 N–H and O–H groups in total. The van der Waals surface area contributed by atoms with E-state index in [9.17, 15) is 9.90 Å². The summed E-state index contributed by atoms with van der Waals surface area (Å²) < 4.78 is 0. The molecule has 0 aromatic heterocycles. The number of anilines is 1. The van der Waals surface area contributed by atoms with Crippen LogP contribution in [-0.4, -0.2) is 30.6 Å². The minimum Gasteiger partial charge on any atom is -0.378 e. The number of nitrogens with zero attached hydrogens (tertiary/aromatic N) is 1. The van der Waals surface area contributed by atoms with Crippen LogP contribution in [0.1, 0.15) is 77.2 Å². The van der Waals surface area contributed by atoms with Crippen molar-refractivity contribution < 1.29 is 9.90 Å². The fraction of sp³-hybridized carbons (Fsp3) is 0.581. The summed E-state index contributed by atoms with van der Waals surface area (Å²) in [6, 6.07) is 9.01. The van der Waals surface area contributed by atoms with Crippen molar-refractivity contribution >= 4 is 11.5 Å². The molecule has 3 heteroatoms. The van der Waals surface area contributed by atoms with Gasteiger partial charge in [0.2, 0.25) is 0 Å². The van der Waals surface area contributed by atoms with E-state index in [2.05, 4.69) is 68.9 Å². The molecule has 180 valence electrons. The summed E-state index contributed by atoms with van der Waals surface area (Å²) in [7, 11) is 4.15. The lowest BCUT2D eigenvalue weighted by Gasteiger charge is -2.54. The Bertz CT molecular complexity index is 1110. The lowest BCUT2D eigenvalue weighted by atomic mass is 9.51. The van der Waals surface area contributed by atoms with Crippen LogP contribution in [-0.2, 0) is 4.79 Å². The van der Waals surface area contributed by atoms with Crippen molar-refractivity contribution in [1.29, 1.82) is 0 Å². The summed E-state index contributed by atoms with van der Waals surface area (Å²) >= 11 is 0. The van der Waals surface area contributed by atoms with E-state index in [1.54, 1.807) is 5.57 Å². The Morgan fingerprint density at radius 1 is 1.15 bits per heavy atom. The zero-order valence-corrected chi connectivity index (χ0v) is 21.4. The molecule has 3 nitrogen and oxygen atoms in total. The summed E-state index contributed by atoms with van der Waals surface area (Å²) in [6.07, 6.45) is 8.43. The van der Waals surface area contributed by atoms with E-state index >= 15 is 0 Å². The SMILES string of the molecule is CC#C[C@]1(O)[C@H](CC)C[C@H]2[C@@H]3CCC4=CC(=O)CCC4=C3[C@@H](c3ccc(N(C)C)cc3)C[C@@]21C. The largest absolute Gasteiger partial charge is 0.378 e.